The molecule has 6 nitrogen and oxygen atoms in total. The number of hydrogen-bond donors (Lipinski definition) is 2. The molecule has 2 fully saturated rings. The Morgan fingerprint density at radius 1 is 1.21 bits per heavy atom. The monoisotopic (exact) mass is 452 g/mol. The van der Waals surface area contributed by atoms with E-state index >= 15 is 0 Å². The van der Waals surface area contributed by atoms with Crippen LogP contribution in [0, 0.1) is 5.41 Å². The van der Waals surface area contributed by atoms with Crippen LogP contribution in [-0.4, -0.2) is 63.2 Å². The maximum Gasteiger partial charge on any atom is 0.241 e. The number of nitrogens with zero attached hydrogens (tertiary/aromatic N) is 2. The number of carbonyl (C=O) groups is 1. The standard InChI is InChI=1S/C17H32N4O2.HI/c1-3-18-16(20-13-15(22)19-10-12-23-2)21-11-9-17(14-21)7-5-4-6-8-17;/h3-14H2,1-2H3,(H,18,20)(H,19,22);1H. The van der Waals surface area contributed by atoms with Crippen molar-refractivity contribution < 1.29 is 9.53 Å². The van der Waals surface area contributed by atoms with Gasteiger partial charge in [-0.1, -0.05) is 19.3 Å². The summed E-state index contributed by atoms with van der Waals surface area (Å²) in [5.74, 6) is 0.834. The van der Waals surface area contributed by atoms with E-state index in [1.807, 2.05) is 0 Å². The lowest BCUT2D eigenvalue weighted by atomic mass is 9.73. The Kier molecular flexibility index (Phi) is 9.95. The molecule has 1 heterocycles. The summed E-state index contributed by atoms with van der Waals surface area (Å²) in [7, 11) is 1.63. The molecule has 1 saturated carbocycles. The number of nitrogens with one attached hydrogen (secondary N) is 2. The smallest absolute Gasteiger partial charge is 0.241 e. The highest BCUT2D eigenvalue weighted by Gasteiger charge is 2.39. The van der Waals surface area contributed by atoms with Crippen molar-refractivity contribution in [3.63, 3.8) is 0 Å². The number of hydrogen-bond acceptors (Lipinski definition) is 3. The maximum absolute atomic E-state index is 11.8. The van der Waals surface area contributed by atoms with Crippen LogP contribution in [0.15, 0.2) is 4.99 Å². The Morgan fingerprint density at radius 2 is 1.96 bits per heavy atom. The highest BCUT2D eigenvalue weighted by Crippen LogP contribution is 2.43. The number of halogens is 1. The summed E-state index contributed by atoms with van der Waals surface area (Å²) in [6.45, 7) is 6.28. The van der Waals surface area contributed by atoms with E-state index in [4.69, 9.17) is 4.74 Å². The minimum absolute atomic E-state index is 0. The van der Waals surface area contributed by atoms with Crippen molar-refractivity contribution in [3.05, 3.63) is 0 Å². The fraction of sp³-hybridized carbons (Fsp3) is 0.882. The predicted molar refractivity (Wildman–Crippen MR) is 108 cm³/mol. The van der Waals surface area contributed by atoms with Gasteiger partial charge in [-0.15, -0.1) is 24.0 Å². The fourth-order valence-electron chi connectivity index (χ4n) is 3.75. The number of methoxy groups -OCH3 is 1. The van der Waals surface area contributed by atoms with E-state index in [0.29, 0.717) is 18.6 Å². The molecule has 0 aromatic rings. The zero-order valence-electron chi connectivity index (χ0n) is 15.1. The summed E-state index contributed by atoms with van der Waals surface area (Å²) in [5.41, 5.74) is 0.495. The number of rotatable bonds is 6. The first-order chi connectivity index (χ1) is 11.2. The van der Waals surface area contributed by atoms with Crippen LogP contribution >= 0.6 is 24.0 Å². The van der Waals surface area contributed by atoms with Crippen molar-refractivity contribution in [1.82, 2.24) is 15.5 Å². The highest BCUT2D eigenvalue weighted by molar-refractivity contribution is 14.0. The molecule has 24 heavy (non-hydrogen) atoms. The van der Waals surface area contributed by atoms with Crippen LogP contribution < -0.4 is 10.6 Å². The van der Waals surface area contributed by atoms with E-state index in [1.54, 1.807) is 7.11 Å². The molecule has 2 aliphatic rings. The second kappa shape index (κ2) is 11.1. The van der Waals surface area contributed by atoms with E-state index < -0.39 is 0 Å². The van der Waals surface area contributed by atoms with Crippen molar-refractivity contribution in [2.24, 2.45) is 10.4 Å². The molecule has 0 radical (unpaired) electrons. The van der Waals surface area contributed by atoms with E-state index in [-0.39, 0.29) is 36.4 Å². The molecule has 1 aliphatic heterocycles. The largest absolute Gasteiger partial charge is 0.383 e. The van der Waals surface area contributed by atoms with Gasteiger partial charge in [0.15, 0.2) is 5.96 Å². The molecule has 2 rings (SSSR count). The number of aliphatic imine (C=N–C) groups is 1. The van der Waals surface area contributed by atoms with E-state index in [9.17, 15) is 4.79 Å². The quantitative estimate of drug-likeness (QED) is 0.280. The third kappa shape index (κ3) is 6.38. The van der Waals surface area contributed by atoms with Crippen molar-refractivity contribution in [3.8, 4) is 0 Å². The Labute approximate surface area is 163 Å². The van der Waals surface area contributed by atoms with Crippen LogP contribution in [0.3, 0.4) is 0 Å². The third-order valence-electron chi connectivity index (χ3n) is 4.99. The van der Waals surface area contributed by atoms with Gasteiger partial charge in [-0.2, -0.15) is 0 Å². The Bertz CT molecular complexity index is 411. The van der Waals surface area contributed by atoms with Crippen LogP contribution in [0.1, 0.15) is 45.4 Å². The first-order valence-corrected chi connectivity index (χ1v) is 8.98. The van der Waals surface area contributed by atoms with Crippen molar-refractivity contribution >= 4 is 35.8 Å². The molecule has 0 atom stereocenters. The molecule has 2 N–H and O–H groups in total. The summed E-state index contributed by atoms with van der Waals surface area (Å²) in [6.07, 6.45) is 8.07. The molecule has 140 valence electrons. The number of amides is 1. The lowest BCUT2D eigenvalue weighted by Gasteiger charge is -2.33. The first kappa shape index (κ1) is 21.5. The number of ether oxygens (including phenoxy) is 1. The van der Waals surface area contributed by atoms with Gasteiger partial charge in [0.25, 0.3) is 0 Å². The van der Waals surface area contributed by atoms with E-state index in [0.717, 1.165) is 25.6 Å². The summed E-state index contributed by atoms with van der Waals surface area (Å²) < 4.78 is 4.93. The Morgan fingerprint density at radius 3 is 2.62 bits per heavy atom. The van der Waals surface area contributed by atoms with Crippen LogP contribution in [0.4, 0.5) is 0 Å². The average Bonchev–Trinajstić information content (AvgIpc) is 2.95. The second-order valence-corrected chi connectivity index (χ2v) is 6.75. The zero-order valence-corrected chi connectivity index (χ0v) is 17.4. The summed E-state index contributed by atoms with van der Waals surface area (Å²) in [6, 6.07) is 0. The van der Waals surface area contributed by atoms with E-state index in [1.165, 1.54) is 38.5 Å². The van der Waals surface area contributed by atoms with Gasteiger partial charge in [-0.25, -0.2) is 4.99 Å². The predicted octanol–water partition coefficient (Wildman–Crippen LogP) is 1.99. The van der Waals surface area contributed by atoms with Crippen LogP contribution in [0.2, 0.25) is 0 Å². The lowest BCUT2D eigenvalue weighted by molar-refractivity contribution is -0.119. The molecular weight excluding hydrogens is 419 g/mol. The third-order valence-corrected chi connectivity index (χ3v) is 4.99. The lowest BCUT2D eigenvalue weighted by Crippen LogP contribution is -2.42. The molecule has 1 spiro atoms. The summed E-state index contributed by atoms with van der Waals surface area (Å²) in [4.78, 5) is 18.7. The van der Waals surface area contributed by atoms with Crippen molar-refractivity contribution in [1.29, 1.82) is 0 Å². The van der Waals surface area contributed by atoms with Gasteiger partial charge >= 0.3 is 0 Å². The second-order valence-electron chi connectivity index (χ2n) is 6.75. The molecular formula is C17H33IN4O2. The minimum Gasteiger partial charge on any atom is -0.383 e. The van der Waals surface area contributed by atoms with E-state index in [2.05, 4.69) is 27.4 Å². The molecule has 0 aromatic heterocycles. The average molecular weight is 452 g/mol. The maximum atomic E-state index is 11.8. The SMILES string of the molecule is CCNC(=NCC(=O)NCCOC)N1CCC2(CCCCC2)C1.I. The van der Waals surface area contributed by atoms with Gasteiger partial charge in [0.2, 0.25) is 5.91 Å². The van der Waals surface area contributed by atoms with Crippen molar-refractivity contribution in [2.45, 2.75) is 45.4 Å². The van der Waals surface area contributed by atoms with Gasteiger partial charge in [-0.3, -0.25) is 4.79 Å². The van der Waals surface area contributed by atoms with Gasteiger partial charge in [0, 0.05) is 33.3 Å². The normalized spacial score (nSPS) is 19.9. The molecule has 1 aliphatic carbocycles. The summed E-state index contributed by atoms with van der Waals surface area (Å²) >= 11 is 0. The number of likely N-dealkylation sites (tertiary alicyclic amines) is 1. The molecule has 0 aromatic carbocycles. The van der Waals surface area contributed by atoms with Crippen molar-refractivity contribution in [2.75, 3.05) is 46.4 Å². The van der Waals surface area contributed by atoms with Gasteiger partial charge in [-0.05, 0) is 31.6 Å². The van der Waals surface area contributed by atoms with Gasteiger partial charge in [0.1, 0.15) is 6.54 Å². The molecule has 0 unspecified atom stereocenters. The highest BCUT2D eigenvalue weighted by atomic mass is 127. The first-order valence-electron chi connectivity index (χ1n) is 8.98. The Hall–Kier alpha value is -0.570. The van der Waals surface area contributed by atoms with Gasteiger partial charge < -0.3 is 20.3 Å². The fourth-order valence-corrected chi connectivity index (χ4v) is 3.75. The summed E-state index contributed by atoms with van der Waals surface area (Å²) in [5, 5.41) is 6.15. The topological polar surface area (TPSA) is 66.0 Å². The zero-order chi connectivity index (χ0) is 16.5. The Balaban J connectivity index is 0.00000288. The molecule has 0 bridgehead atoms. The van der Waals surface area contributed by atoms with Crippen LogP contribution in [-0.2, 0) is 9.53 Å². The van der Waals surface area contributed by atoms with Crippen LogP contribution in [0.5, 0.6) is 0 Å². The molecule has 1 amide bonds. The van der Waals surface area contributed by atoms with Gasteiger partial charge in [0.05, 0.1) is 6.61 Å². The minimum atomic E-state index is -0.0518. The van der Waals surface area contributed by atoms with Crippen LogP contribution in [0.25, 0.3) is 0 Å². The molecule has 1 saturated heterocycles. The molecule has 7 heteroatoms. The number of guanidine groups is 1. The number of carbonyl (C=O) groups excluding carboxylic acids is 1.